The third-order valence-electron chi connectivity index (χ3n) is 5.12. The lowest BCUT2D eigenvalue weighted by Crippen LogP contribution is -2.37. The summed E-state index contributed by atoms with van der Waals surface area (Å²) in [6, 6.07) is 16.7. The molecule has 1 amide bonds. The highest BCUT2D eigenvalue weighted by Gasteiger charge is 2.21. The van der Waals surface area contributed by atoms with Crippen LogP contribution in [0.4, 0.5) is 5.69 Å². The predicted octanol–water partition coefficient (Wildman–Crippen LogP) is 4.07. The minimum atomic E-state index is -0.521. The monoisotopic (exact) mass is 391 g/mol. The van der Waals surface area contributed by atoms with Gasteiger partial charge in [0, 0.05) is 49.3 Å². The van der Waals surface area contributed by atoms with Crippen molar-refractivity contribution < 1.29 is 9.53 Å². The lowest BCUT2D eigenvalue weighted by molar-refractivity contribution is -0.131. The summed E-state index contributed by atoms with van der Waals surface area (Å²) < 4.78 is 5.45. The van der Waals surface area contributed by atoms with Crippen molar-refractivity contribution in [3.05, 3.63) is 78.5 Å². The van der Waals surface area contributed by atoms with Gasteiger partial charge in [0.05, 0.1) is 6.61 Å². The predicted molar refractivity (Wildman–Crippen MR) is 120 cm³/mol. The number of amides is 1. The number of carbonyl (C=O) groups is 1. The number of benzene rings is 2. The molecule has 0 saturated carbocycles. The Hall–Kier alpha value is -3.05. The van der Waals surface area contributed by atoms with Gasteiger partial charge in [0.1, 0.15) is 6.10 Å². The van der Waals surface area contributed by atoms with E-state index in [0.717, 1.165) is 22.3 Å². The minimum absolute atomic E-state index is 0.0258. The first-order valence-corrected chi connectivity index (χ1v) is 9.84. The first-order chi connectivity index (χ1) is 14.0. The van der Waals surface area contributed by atoms with E-state index in [0.29, 0.717) is 13.2 Å². The van der Waals surface area contributed by atoms with Crippen LogP contribution in [0.25, 0.3) is 10.9 Å². The van der Waals surface area contributed by atoms with Gasteiger partial charge in [-0.15, -0.1) is 6.58 Å². The number of hydrogen-bond donors (Lipinski definition) is 2. The van der Waals surface area contributed by atoms with Crippen molar-refractivity contribution in [3.63, 3.8) is 0 Å². The van der Waals surface area contributed by atoms with Crippen LogP contribution in [0.15, 0.2) is 67.4 Å². The van der Waals surface area contributed by atoms with E-state index in [1.807, 2.05) is 32.4 Å². The van der Waals surface area contributed by atoms with E-state index >= 15 is 0 Å². The first kappa shape index (κ1) is 20.7. The molecule has 5 heteroatoms. The van der Waals surface area contributed by atoms with Crippen molar-refractivity contribution in [2.24, 2.45) is 0 Å². The van der Waals surface area contributed by atoms with Crippen molar-refractivity contribution in [2.75, 3.05) is 32.1 Å². The standard InChI is InChI=1S/C24H29N3O2/c1-5-14-29-17(2)24(28)26-15-21(18-10-12-19(13-11-18)27(3)4)22-16-25-23-9-7-6-8-20(22)23/h5-13,16-17,21,25H,1,14-15H2,2-4H3,(H,26,28). The maximum Gasteiger partial charge on any atom is 0.248 e. The maximum absolute atomic E-state index is 12.5. The van der Waals surface area contributed by atoms with Gasteiger partial charge >= 0.3 is 0 Å². The van der Waals surface area contributed by atoms with Crippen LogP contribution in [-0.2, 0) is 9.53 Å². The quantitative estimate of drug-likeness (QED) is 0.541. The zero-order chi connectivity index (χ0) is 20.8. The lowest BCUT2D eigenvalue weighted by atomic mass is 9.90. The first-order valence-electron chi connectivity index (χ1n) is 9.84. The molecule has 2 atom stereocenters. The summed E-state index contributed by atoms with van der Waals surface area (Å²) in [5.41, 5.74) is 4.55. The molecule has 0 spiro atoms. The summed E-state index contributed by atoms with van der Waals surface area (Å²) >= 11 is 0. The number of anilines is 1. The fraction of sp³-hybridized carbons (Fsp3) is 0.292. The van der Waals surface area contributed by atoms with Crippen molar-refractivity contribution in [3.8, 4) is 0 Å². The molecule has 3 rings (SSSR count). The van der Waals surface area contributed by atoms with Crippen LogP contribution in [0, 0.1) is 0 Å². The van der Waals surface area contributed by atoms with Gasteiger partial charge in [0.25, 0.3) is 0 Å². The van der Waals surface area contributed by atoms with Crippen molar-refractivity contribution >= 4 is 22.5 Å². The molecule has 0 aliphatic rings. The Labute approximate surface area is 172 Å². The average Bonchev–Trinajstić information content (AvgIpc) is 3.16. The lowest BCUT2D eigenvalue weighted by Gasteiger charge is -2.21. The van der Waals surface area contributed by atoms with E-state index in [9.17, 15) is 4.79 Å². The molecular weight excluding hydrogens is 362 g/mol. The molecule has 0 saturated heterocycles. The van der Waals surface area contributed by atoms with Gasteiger partial charge in [-0.25, -0.2) is 0 Å². The normalized spacial score (nSPS) is 13.1. The molecular formula is C24H29N3O2. The molecule has 3 aromatic rings. The van der Waals surface area contributed by atoms with Gasteiger partial charge < -0.3 is 19.9 Å². The summed E-state index contributed by atoms with van der Waals surface area (Å²) in [6.45, 7) is 6.22. The number of H-pyrrole nitrogens is 1. The van der Waals surface area contributed by atoms with Crippen LogP contribution in [0.2, 0.25) is 0 Å². The van der Waals surface area contributed by atoms with E-state index in [1.165, 1.54) is 5.39 Å². The molecule has 0 fully saturated rings. The van der Waals surface area contributed by atoms with E-state index in [2.05, 4.69) is 58.2 Å². The van der Waals surface area contributed by atoms with Crippen LogP contribution in [-0.4, -0.2) is 44.2 Å². The van der Waals surface area contributed by atoms with E-state index in [4.69, 9.17) is 4.74 Å². The Morgan fingerprint density at radius 3 is 2.62 bits per heavy atom. The number of aromatic nitrogens is 1. The molecule has 1 heterocycles. The number of fused-ring (bicyclic) bond motifs is 1. The van der Waals surface area contributed by atoms with Crippen LogP contribution in [0.5, 0.6) is 0 Å². The number of para-hydroxylation sites is 1. The molecule has 2 aromatic carbocycles. The topological polar surface area (TPSA) is 57.4 Å². The number of carbonyl (C=O) groups excluding carboxylic acids is 1. The van der Waals surface area contributed by atoms with Gasteiger partial charge in [-0.2, -0.15) is 0 Å². The van der Waals surface area contributed by atoms with Gasteiger partial charge in [-0.05, 0) is 36.2 Å². The molecule has 29 heavy (non-hydrogen) atoms. The van der Waals surface area contributed by atoms with E-state index < -0.39 is 6.10 Å². The Morgan fingerprint density at radius 1 is 1.21 bits per heavy atom. The number of rotatable bonds is 9. The maximum atomic E-state index is 12.5. The number of ether oxygens (including phenoxy) is 1. The summed E-state index contributed by atoms with van der Waals surface area (Å²) in [7, 11) is 4.05. The summed E-state index contributed by atoms with van der Waals surface area (Å²) in [5.74, 6) is -0.0977. The highest BCUT2D eigenvalue weighted by Crippen LogP contribution is 2.31. The second-order valence-electron chi connectivity index (χ2n) is 7.34. The van der Waals surface area contributed by atoms with E-state index in [1.54, 1.807) is 13.0 Å². The molecule has 0 bridgehead atoms. The van der Waals surface area contributed by atoms with Crippen LogP contribution < -0.4 is 10.2 Å². The Kier molecular flexibility index (Phi) is 6.73. The molecule has 0 aliphatic heterocycles. The number of nitrogens with zero attached hydrogens (tertiary/aromatic N) is 1. The number of aromatic amines is 1. The molecule has 0 aliphatic carbocycles. The van der Waals surface area contributed by atoms with Crippen LogP contribution in [0.3, 0.4) is 0 Å². The minimum Gasteiger partial charge on any atom is -0.378 e. The second kappa shape index (κ2) is 9.43. The Morgan fingerprint density at radius 2 is 1.93 bits per heavy atom. The number of hydrogen-bond acceptors (Lipinski definition) is 3. The molecule has 2 N–H and O–H groups in total. The highest BCUT2D eigenvalue weighted by molar-refractivity contribution is 5.84. The number of nitrogens with one attached hydrogen (secondary N) is 2. The third kappa shape index (κ3) is 4.87. The molecule has 152 valence electrons. The second-order valence-corrected chi connectivity index (χ2v) is 7.34. The smallest absolute Gasteiger partial charge is 0.248 e. The Bertz CT molecular complexity index is 960. The van der Waals surface area contributed by atoms with Crippen molar-refractivity contribution in [1.82, 2.24) is 10.3 Å². The molecule has 2 unspecified atom stereocenters. The SMILES string of the molecule is C=CCOC(C)C(=O)NCC(c1ccc(N(C)C)cc1)c1c[nH]c2ccccc12. The van der Waals surface area contributed by atoms with Gasteiger partial charge in [-0.1, -0.05) is 36.4 Å². The zero-order valence-electron chi connectivity index (χ0n) is 17.3. The van der Waals surface area contributed by atoms with Crippen LogP contribution in [0.1, 0.15) is 24.0 Å². The largest absolute Gasteiger partial charge is 0.378 e. The zero-order valence-corrected chi connectivity index (χ0v) is 17.3. The molecule has 0 radical (unpaired) electrons. The van der Waals surface area contributed by atoms with Gasteiger partial charge in [0.15, 0.2) is 0 Å². The summed E-state index contributed by atoms with van der Waals surface area (Å²) in [6.07, 6.45) is 3.16. The fourth-order valence-electron chi connectivity index (χ4n) is 3.43. The van der Waals surface area contributed by atoms with Gasteiger partial charge in [0.2, 0.25) is 5.91 Å². The van der Waals surface area contributed by atoms with E-state index in [-0.39, 0.29) is 11.8 Å². The van der Waals surface area contributed by atoms with Crippen molar-refractivity contribution in [2.45, 2.75) is 18.9 Å². The molecule has 5 nitrogen and oxygen atoms in total. The van der Waals surface area contributed by atoms with Crippen LogP contribution >= 0.6 is 0 Å². The highest BCUT2D eigenvalue weighted by atomic mass is 16.5. The third-order valence-corrected chi connectivity index (χ3v) is 5.12. The van der Waals surface area contributed by atoms with Gasteiger partial charge in [-0.3, -0.25) is 4.79 Å². The summed E-state index contributed by atoms with van der Waals surface area (Å²) in [5, 5.41) is 4.22. The fourth-order valence-corrected chi connectivity index (χ4v) is 3.43. The Balaban J connectivity index is 1.87. The summed E-state index contributed by atoms with van der Waals surface area (Å²) in [4.78, 5) is 17.9. The molecule has 1 aromatic heterocycles. The van der Waals surface area contributed by atoms with Crippen molar-refractivity contribution in [1.29, 1.82) is 0 Å². The average molecular weight is 392 g/mol.